The van der Waals surface area contributed by atoms with Crippen molar-refractivity contribution in [3.63, 3.8) is 0 Å². The van der Waals surface area contributed by atoms with Crippen LogP contribution >= 0.6 is 0 Å². The highest BCUT2D eigenvalue weighted by Crippen LogP contribution is 2.19. The van der Waals surface area contributed by atoms with Crippen molar-refractivity contribution in [3.8, 4) is 0 Å². The molecule has 1 amide bonds. The lowest BCUT2D eigenvalue weighted by Crippen LogP contribution is -2.33. The van der Waals surface area contributed by atoms with Gasteiger partial charge < -0.3 is 24.6 Å². The van der Waals surface area contributed by atoms with Crippen LogP contribution in [0.15, 0.2) is 0 Å². The standard InChI is InChI=1S/C15H27NO6/c1-15(2,3)22-14(19)16-8-4-5-13(18)20-10-12-7-6-11(9-17)21-12/h11-12,17H,4-10H2,1-3H3,(H,16,19)/t11-,12-/m0/s1. The van der Waals surface area contributed by atoms with Crippen molar-refractivity contribution >= 4 is 12.1 Å². The number of esters is 1. The number of carbonyl (C=O) groups excluding carboxylic acids is 2. The van der Waals surface area contributed by atoms with Crippen LogP contribution in [0.2, 0.25) is 0 Å². The molecule has 0 aliphatic carbocycles. The summed E-state index contributed by atoms with van der Waals surface area (Å²) in [5.41, 5.74) is -0.531. The van der Waals surface area contributed by atoms with Gasteiger partial charge in [-0.05, 0) is 40.0 Å². The summed E-state index contributed by atoms with van der Waals surface area (Å²) in [5, 5.41) is 11.5. The van der Waals surface area contributed by atoms with Gasteiger partial charge >= 0.3 is 12.1 Å². The topological polar surface area (TPSA) is 94.1 Å². The summed E-state index contributed by atoms with van der Waals surface area (Å²) in [6.45, 7) is 5.94. The summed E-state index contributed by atoms with van der Waals surface area (Å²) in [6, 6.07) is 0. The van der Waals surface area contributed by atoms with E-state index < -0.39 is 11.7 Å². The first-order valence-corrected chi connectivity index (χ1v) is 7.69. The molecule has 7 nitrogen and oxygen atoms in total. The van der Waals surface area contributed by atoms with Crippen molar-refractivity contribution in [3.05, 3.63) is 0 Å². The van der Waals surface area contributed by atoms with Crippen molar-refractivity contribution in [1.29, 1.82) is 0 Å². The highest BCUT2D eigenvalue weighted by atomic mass is 16.6. The smallest absolute Gasteiger partial charge is 0.407 e. The third-order valence-electron chi connectivity index (χ3n) is 3.06. The van der Waals surface area contributed by atoms with Crippen LogP contribution in [0.3, 0.4) is 0 Å². The molecule has 22 heavy (non-hydrogen) atoms. The first-order valence-electron chi connectivity index (χ1n) is 7.69. The maximum atomic E-state index is 11.6. The van der Waals surface area contributed by atoms with Crippen LogP contribution in [-0.2, 0) is 19.0 Å². The molecule has 2 N–H and O–H groups in total. The molecule has 0 aromatic rings. The van der Waals surface area contributed by atoms with Crippen LogP contribution in [0.5, 0.6) is 0 Å². The number of aliphatic hydroxyl groups excluding tert-OH is 1. The van der Waals surface area contributed by atoms with E-state index in [9.17, 15) is 9.59 Å². The molecular weight excluding hydrogens is 290 g/mol. The van der Waals surface area contributed by atoms with Gasteiger partial charge in [0.15, 0.2) is 0 Å². The first kappa shape index (κ1) is 18.7. The molecular formula is C15H27NO6. The predicted molar refractivity (Wildman–Crippen MR) is 79.4 cm³/mol. The molecule has 1 aliphatic rings. The molecule has 0 bridgehead atoms. The molecule has 1 rings (SSSR count). The Bertz CT molecular complexity index is 366. The van der Waals surface area contributed by atoms with Crippen molar-refractivity contribution in [2.75, 3.05) is 19.8 Å². The van der Waals surface area contributed by atoms with Gasteiger partial charge in [-0.2, -0.15) is 0 Å². The van der Waals surface area contributed by atoms with E-state index in [0.29, 0.717) is 13.0 Å². The zero-order valence-electron chi connectivity index (χ0n) is 13.6. The lowest BCUT2D eigenvalue weighted by atomic mass is 10.2. The molecule has 0 saturated carbocycles. The molecule has 1 heterocycles. The summed E-state index contributed by atoms with van der Waals surface area (Å²) < 4.78 is 15.7. The molecule has 128 valence electrons. The third-order valence-corrected chi connectivity index (χ3v) is 3.06. The Morgan fingerprint density at radius 3 is 2.55 bits per heavy atom. The Balaban J connectivity index is 2.03. The maximum absolute atomic E-state index is 11.6. The minimum Gasteiger partial charge on any atom is -0.463 e. The minimum absolute atomic E-state index is 0.000775. The molecule has 1 saturated heterocycles. The first-order chi connectivity index (χ1) is 10.3. The van der Waals surface area contributed by atoms with Crippen molar-refractivity contribution in [2.45, 2.75) is 64.3 Å². The fourth-order valence-electron chi connectivity index (χ4n) is 2.03. The van der Waals surface area contributed by atoms with Gasteiger partial charge in [-0.1, -0.05) is 0 Å². The summed E-state index contributed by atoms with van der Waals surface area (Å²) in [4.78, 5) is 22.9. The molecule has 7 heteroatoms. The maximum Gasteiger partial charge on any atom is 0.407 e. The van der Waals surface area contributed by atoms with E-state index in [2.05, 4.69) is 5.32 Å². The summed E-state index contributed by atoms with van der Waals surface area (Å²) in [7, 11) is 0. The summed E-state index contributed by atoms with van der Waals surface area (Å²) >= 11 is 0. The van der Waals surface area contributed by atoms with Crippen LogP contribution in [0.1, 0.15) is 46.5 Å². The number of aliphatic hydroxyl groups is 1. The van der Waals surface area contributed by atoms with Crippen molar-refractivity contribution < 1.29 is 28.9 Å². The van der Waals surface area contributed by atoms with Gasteiger partial charge in [0.25, 0.3) is 0 Å². The number of alkyl carbamates (subject to hydrolysis) is 1. The molecule has 1 fully saturated rings. The highest BCUT2D eigenvalue weighted by molar-refractivity contribution is 5.70. The number of hydrogen-bond acceptors (Lipinski definition) is 6. The Labute approximate surface area is 131 Å². The average molecular weight is 317 g/mol. The van der Waals surface area contributed by atoms with E-state index in [0.717, 1.165) is 12.8 Å². The molecule has 0 spiro atoms. The van der Waals surface area contributed by atoms with Gasteiger partial charge in [-0.3, -0.25) is 4.79 Å². The zero-order chi connectivity index (χ0) is 16.6. The van der Waals surface area contributed by atoms with Crippen LogP contribution in [0, 0.1) is 0 Å². The molecule has 0 radical (unpaired) electrons. The van der Waals surface area contributed by atoms with Gasteiger partial charge in [0.2, 0.25) is 0 Å². The number of amides is 1. The zero-order valence-corrected chi connectivity index (χ0v) is 13.6. The second-order valence-electron chi connectivity index (χ2n) is 6.36. The van der Waals surface area contributed by atoms with E-state index in [1.165, 1.54) is 0 Å². The summed E-state index contributed by atoms with van der Waals surface area (Å²) in [5.74, 6) is -0.318. The van der Waals surface area contributed by atoms with Gasteiger partial charge in [0.05, 0.1) is 18.8 Å². The Kier molecular flexibility index (Phi) is 7.61. The normalized spacial score (nSPS) is 21.5. The number of rotatable bonds is 7. The largest absolute Gasteiger partial charge is 0.463 e. The predicted octanol–water partition coefficient (Wildman–Crippen LogP) is 1.37. The van der Waals surface area contributed by atoms with E-state index in [-0.39, 0.29) is 37.8 Å². The SMILES string of the molecule is CC(C)(C)OC(=O)NCCCC(=O)OC[C@@H]1CC[C@@H](CO)O1. The number of hydrogen-bond donors (Lipinski definition) is 2. The van der Waals surface area contributed by atoms with E-state index >= 15 is 0 Å². The van der Waals surface area contributed by atoms with Crippen LogP contribution in [-0.4, -0.2) is 54.7 Å². The molecule has 0 aromatic carbocycles. The van der Waals surface area contributed by atoms with Crippen LogP contribution in [0.4, 0.5) is 4.79 Å². The van der Waals surface area contributed by atoms with Gasteiger partial charge in [-0.25, -0.2) is 4.79 Å². The number of ether oxygens (including phenoxy) is 3. The fraction of sp³-hybridized carbons (Fsp3) is 0.867. The van der Waals surface area contributed by atoms with Crippen molar-refractivity contribution in [2.24, 2.45) is 0 Å². The monoisotopic (exact) mass is 317 g/mol. The highest BCUT2D eigenvalue weighted by Gasteiger charge is 2.25. The van der Waals surface area contributed by atoms with Crippen molar-refractivity contribution in [1.82, 2.24) is 5.32 Å². The lowest BCUT2D eigenvalue weighted by molar-refractivity contribution is -0.148. The lowest BCUT2D eigenvalue weighted by Gasteiger charge is -2.19. The Morgan fingerprint density at radius 1 is 1.27 bits per heavy atom. The van der Waals surface area contributed by atoms with Gasteiger partial charge in [-0.15, -0.1) is 0 Å². The minimum atomic E-state index is -0.531. The van der Waals surface area contributed by atoms with Crippen LogP contribution < -0.4 is 5.32 Å². The molecule has 0 aromatic heterocycles. The van der Waals surface area contributed by atoms with Crippen LogP contribution in [0.25, 0.3) is 0 Å². The number of nitrogens with one attached hydrogen (secondary N) is 1. The van der Waals surface area contributed by atoms with E-state index in [1.54, 1.807) is 20.8 Å². The number of carbonyl (C=O) groups is 2. The van der Waals surface area contributed by atoms with Gasteiger partial charge in [0.1, 0.15) is 12.2 Å². The second-order valence-corrected chi connectivity index (χ2v) is 6.36. The Hall–Kier alpha value is -1.34. The van der Waals surface area contributed by atoms with E-state index in [4.69, 9.17) is 19.3 Å². The fourth-order valence-corrected chi connectivity index (χ4v) is 2.03. The van der Waals surface area contributed by atoms with Gasteiger partial charge in [0, 0.05) is 13.0 Å². The molecule has 1 aliphatic heterocycles. The average Bonchev–Trinajstić information content (AvgIpc) is 2.87. The summed E-state index contributed by atoms with van der Waals surface area (Å²) in [6.07, 6.45) is 1.55. The third kappa shape index (κ3) is 8.19. The quantitative estimate of drug-likeness (QED) is 0.544. The molecule has 0 unspecified atom stereocenters. The molecule has 2 atom stereocenters. The van der Waals surface area contributed by atoms with E-state index in [1.807, 2.05) is 0 Å². The Morgan fingerprint density at radius 2 is 1.95 bits per heavy atom. The second kappa shape index (κ2) is 8.95.